The van der Waals surface area contributed by atoms with Gasteiger partial charge in [0.15, 0.2) is 0 Å². The van der Waals surface area contributed by atoms with E-state index < -0.39 is 17.6 Å². The number of hydrogen-bond donors (Lipinski definition) is 0. The van der Waals surface area contributed by atoms with Crippen molar-refractivity contribution in [3.8, 4) is 0 Å². The van der Waals surface area contributed by atoms with Crippen molar-refractivity contribution >= 4 is 5.97 Å². The maximum Gasteiger partial charge on any atom is 0.338 e. The van der Waals surface area contributed by atoms with Gasteiger partial charge in [0.25, 0.3) is 0 Å². The van der Waals surface area contributed by atoms with E-state index in [4.69, 9.17) is 4.74 Å². The molecule has 0 spiro atoms. The van der Waals surface area contributed by atoms with E-state index in [2.05, 4.69) is 4.74 Å². The molecular weight excluding hydrogens is 314 g/mol. The third-order valence-corrected chi connectivity index (χ3v) is 5.81. The largest absolute Gasteiger partial charge is 0.465 e. The first-order chi connectivity index (χ1) is 11.5. The van der Waals surface area contributed by atoms with Crippen molar-refractivity contribution in [3.05, 3.63) is 34.9 Å². The Morgan fingerprint density at radius 2 is 1.62 bits per heavy atom. The topological polar surface area (TPSA) is 35.5 Å². The third-order valence-electron chi connectivity index (χ3n) is 5.81. The Bertz CT molecular complexity index is 594. The van der Waals surface area contributed by atoms with Crippen LogP contribution in [0.25, 0.3) is 0 Å². The molecule has 4 atom stereocenters. The molecule has 2 fully saturated rings. The average Bonchev–Trinajstić information content (AvgIpc) is 2.59. The lowest BCUT2D eigenvalue weighted by Gasteiger charge is -2.42. The van der Waals surface area contributed by atoms with E-state index in [0.717, 1.165) is 50.7 Å². The van der Waals surface area contributed by atoms with Crippen LogP contribution < -0.4 is 0 Å². The Kier molecular flexibility index (Phi) is 5.18. The summed E-state index contributed by atoms with van der Waals surface area (Å²) in [6.45, 7) is 0. The fraction of sp³-hybridized carbons (Fsp3) is 0.632. The van der Waals surface area contributed by atoms with Gasteiger partial charge >= 0.3 is 5.97 Å². The van der Waals surface area contributed by atoms with E-state index in [0.29, 0.717) is 17.9 Å². The number of methoxy groups -OCH3 is 2. The highest BCUT2D eigenvalue weighted by Crippen LogP contribution is 2.47. The van der Waals surface area contributed by atoms with Crippen molar-refractivity contribution < 1.29 is 23.0 Å². The number of hydrogen-bond acceptors (Lipinski definition) is 3. The van der Waals surface area contributed by atoms with Gasteiger partial charge in [-0.3, -0.25) is 0 Å². The Morgan fingerprint density at radius 1 is 1.00 bits per heavy atom. The van der Waals surface area contributed by atoms with E-state index in [-0.39, 0.29) is 17.0 Å². The maximum atomic E-state index is 14.5. The molecule has 0 aromatic heterocycles. The Hall–Kier alpha value is -1.49. The quantitative estimate of drug-likeness (QED) is 0.764. The fourth-order valence-electron chi connectivity index (χ4n) is 4.53. The molecule has 0 aliphatic heterocycles. The molecule has 0 heterocycles. The highest BCUT2D eigenvalue weighted by atomic mass is 19.1. The van der Waals surface area contributed by atoms with Crippen LogP contribution in [0.3, 0.4) is 0 Å². The molecule has 0 amide bonds. The summed E-state index contributed by atoms with van der Waals surface area (Å²) in [5.74, 6) is -0.999. The molecule has 2 saturated carbocycles. The smallest absolute Gasteiger partial charge is 0.338 e. The van der Waals surface area contributed by atoms with Gasteiger partial charge in [0.1, 0.15) is 11.6 Å². The minimum absolute atomic E-state index is 0.0782. The van der Waals surface area contributed by atoms with Crippen LogP contribution >= 0.6 is 0 Å². The SMILES string of the molecule is COC(=O)c1cc(F)c(C2CCC3CC(OC)CCC3C2)c(F)c1. The molecule has 5 heteroatoms. The zero-order valence-electron chi connectivity index (χ0n) is 14.2. The Labute approximate surface area is 141 Å². The molecule has 1 aromatic carbocycles. The lowest BCUT2D eigenvalue weighted by atomic mass is 9.65. The van der Waals surface area contributed by atoms with Crippen molar-refractivity contribution in [3.63, 3.8) is 0 Å². The average molecular weight is 338 g/mol. The second-order valence-electron chi connectivity index (χ2n) is 7.05. The Balaban J connectivity index is 1.77. The molecule has 0 radical (unpaired) electrons. The predicted octanol–water partition coefficient (Wildman–Crippen LogP) is 4.45. The highest BCUT2D eigenvalue weighted by molar-refractivity contribution is 5.89. The van der Waals surface area contributed by atoms with Gasteiger partial charge in [-0.2, -0.15) is 0 Å². The number of rotatable bonds is 3. The number of esters is 1. The second-order valence-corrected chi connectivity index (χ2v) is 7.05. The molecule has 1 aromatic rings. The summed E-state index contributed by atoms with van der Waals surface area (Å²) in [5.41, 5.74) is 0.0560. The maximum absolute atomic E-state index is 14.5. The molecule has 0 N–H and O–H groups in total. The third kappa shape index (κ3) is 3.32. The van der Waals surface area contributed by atoms with E-state index in [9.17, 15) is 13.6 Å². The molecule has 132 valence electrons. The summed E-state index contributed by atoms with van der Waals surface area (Å²) >= 11 is 0. The number of fused-ring (bicyclic) bond motifs is 1. The molecule has 0 bridgehead atoms. The van der Waals surface area contributed by atoms with Crippen LogP contribution in [0.1, 0.15) is 60.4 Å². The van der Waals surface area contributed by atoms with E-state index in [1.54, 1.807) is 7.11 Å². The Morgan fingerprint density at radius 3 is 2.25 bits per heavy atom. The first kappa shape index (κ1) is 17.3. The van der Waals surface area contributed by atoms with Crippen LogP contribution in [-0.4, -0.2) is 26.3 Å². The number of benzene rings is 1. The van der Waals surface area contributed by atoms with Crippen molar-refractivity contribution in [2.45, 2.75) is 50.5 Å². The van der Waals surface area contributed by atoms with Crippen LogP contribution in [0.2, 0.25) is 0 Å². The van der Waals surface area contributed by atoms with Crippen LogP contribution in [0.15, 0.2) is 12.1 Å². The summed E-state index contributed by atoms with van der Waals surface area (Å²) in [7, 11) is 2.95. The number of ether oxygens (including phenoxy) is 2. The van der Waals surface area contributed by atoms with Crippen molar-refractivity contribution in [1.29, 1.82) is 0 Å². The molecular formula is C19H24F2O3. The van der Waals surface area contributed by atoms with Gasteiger partial charge in [0.05, 0.1) is 18.8 Å². The zero-order chi connectivity index (χ0) is 17.3. The lowest BCUT2D eigenvalue weighted by Crippen LogP contribution is -2.33. The van der Waals surface area contributed by atoms with Crippen molar-refractivity contribution in [1.82, 2.24) is 0 Å². The van der Waals surface area contributed by atoms with Gasteiger partial charge in [-0.1, -0.05) is 0 Å². The molecule has 3 rings (SSSR count). The van der Waals surface area contributed by atoms with Gasteiger partial charge in [-0.05, 0) is 68.4 Å². The second kappa shape index (κ2) is 7.18. The standard InChI is InChI=1S/C19H24F2O3/c1-23-15-6-5-11-7-13(4-3-12(11)8-15)18-16(20)9-14(10-17(18)21)19(22)24-2/h9-13,15H,3-8H2,1-2H3. The van der Waals surface area contributed by atoms with Crippen LogP contribution in [0.5, 0.6) is 0 Å². The zero-order valence-corrected chi connectivity index (χ0v) is 14.2. The van der Waals surface area contributed by atoms with Crippen molar-refractivity contribution in [2.75, 3.05) is 14.2 Å². The predicted molar refractivity (Wildman–Crippen MR) is 85.9 cm³/mol. The van der Waals surface area contributed by atoms with Crippen LogP contribution in [0, 0.1) is 23.5 Å². The lowest BCUT2D eigenvalue weighted by molar-refractivity contribution is 0.0119. The number of halogens is 2. The van der Waals surface area contributed by atoms with Gasteiger partial charge in [0.2, 0.25) is 0 Å². The fourth-order valence-corrected chi connectivity index (χ4v) is 4.53. The summed E-state index contributed by atoms with van der Waals surface area (Å²) in [4.78, 5) is 11.5. The highest BCUT2D eigenvalue weighted by Gasteiger charge is 2.37. The van der Waals surface area contributed by atoms with Crippen molar-refractivity contribution in [2.24, 2.45) is 11.8 Å². The molecule has 2 aliphatic carbocycles. The molecule has 4 unspecified atom stereocenters. The molecule has 24 heavy (non-hydrogen) atoms. The van der Waals surface area contributed by atoms with Gasteiger partial charge < -0.3 is 9.47 Å². The normalized spacial score (nSPS) is 29.8. The first-order valence-electron chi connectivity index (χ1n) is 8.63. The summed E-state index contributed by atoms with van der Waals surface area (Å²) < 4.78 is 38.9. The minimum atomic E-state index is -0.721. The number of carbonyl (C=O) groups excluding carboxylic acids is 1. The van der Waals surface area contributed by atoms with E-state index >= 15 is 0 Å². The number of carbonyl (C=O) groups is 1. The summed E-state index contributed by atoms with van der Waals surface area (Å²) in [5, 5.41) is 0. The van der Waals surface area contributed by atoms with Gasteiger partial charge in [-0.15, -0.1) is 0 Å². The van der Waals surface area contributed by atoms with Crippen LogP contribution in [0.4, 0.5) is 8.78 Å². The molecule has 0 saturated heterocycles. The van der Waals surface area contributed by atoms with E-state index in [1.165, 1.54) is 7.11 Å². The molecule has 2 aliphatic rings. The summed E-state index contributed by atoms with van der Waals surface area (Å²) in [6.07, 6.45) is 6.04. The van der Waals surface area contributed by atoms with Gasteiger partial charge in [-0.25, -0.2) is 13.6 Å². The van der Waals surface area contributed by atoms with Crippen LogP contribution in [-0.2, 0) is 9.47 Å². The molecule has 3 nitrogen and oxygen atoms in total. The monoisotopic (exact) mass is 338 g/mol. The minimum Gasteiger partial charge on any atom is -0.465 e. The first-order valence-corrected chi connectivity index (χ1v) is 8.63. The van der Waals surface area contributed by atoms with E-state index in [1.807, 2.05) is 0 Å². The summed E-state index contributed by atoms with van der Waals surface area (Å²) in [6, 6.07) is 2.19. The van der Waals surface area contributed by atoms with Gasteiger partial charge in [0, 0.05) is 12.7 Å².